The number of nitrogens with one attached hydrogen (secondary N) is 1. The van der Waals surface area contributed by atoms with Crippen LogP contribution in [0.4, 0.5) is 16.2 Å². The first kappa shape index (κ1) is 15.5. The van der Waals surface area contributed by atoms with Gasteiger partial charge in [0.25, 0.3) is 0 Å². The Hall–Kier alpha value is -1.91. The number of hydrogen-bond donors (Lipinski definition) is 2. The number of nitrogens with zero attached hydrogens (tertiary/aromatic N) is 1. The van der Waals surface area contributed by atoms with Crippen LogP contribution in [0.1, 0.15) is 31.9 Å². The van der Waals surface area contributed by atoms with Crippen molar-refractivity contribution in [2.45, 2.75) is 46.3 Å². The highest BCUT2D eigenvalue weighted by Gasteiger charge is 2.33. The summed E-state index contributed by atoms with van der Waals surface area (Å²) in [7, 11) is 0. The maximum atomic E-state index is 11.9. The number of nitrogen functional groups attached to an aromatic ring is 1. The van der Waals surface area contributed by atoms with Gasteiger partial charge in [0.2, 0.25) is 0 Å². The molecule has 5 heteroatoms. The Bertz CT molecular complexity index is 543. The third kappa shape index (κ3) is 3.80. The number of carbonyl (C=O) groups is 1. The van der Waals surface area contributed by atoms with Gasteiger partial charge in [-0.25, -0.2) is 4.79 Å². The number of aryl methyl sites for hydroxylation is 2. The Labute approximate surface area is 126 Å². The standard InChI is InChI=1S/C16H25N3O2/c1-10-6-11(2)14(7-13(10)17)18-12-8-19(9-12)15(20)21-16(3,4)5/h6-7,12,18H,8-9,17H2,1-5H3. The fourth-order valence-electron chi connectivity index (χ4n) is 2.29. The topological polar surface area (TPSA) is 67.6 Å². The van der Waals surface area contributed by atoms with Crippen molar-refractivity contribution in [3.05, 3.63) is 23.3 Å². The Morgan fingerprint density at radius 1 is 1.29 bits per heavy atom. The molecule has 1 heterocycles. The Balaban J connectivity index is 1.89. The summed E-state index contributed by atoms with van der Waals surface area (Å²) in [5.41, 5.74) is 9.57. The molecule has 0 aliphatic carbocycles. The molecule has 0 unspecified atom stereocenters. The van der Waals surface area contributed by atoms with E-state index in [9.17, 15) is 4.79 Å². The maximum absolute atomic E-state index is 11.9. The normalized spacial score (nSPS) is 15.6. The molecular formula is C16H25N3O2. The zero-order chi connectivity index (χ0) is 15.8. The molecule has 21 heavy (non-hydrogen) atoms. The van der Waals surface area contributed by atoms with Gasteiger partial charge in [-0.2, -0.15) is 0 Å². The first-order chi connectivity index (χ1) is 9.65. The fourth-order valence-corrected chi connectivity index (χ4v) is 2.29. The summed E-state index contributed by atoms with van der Waals surface area (Å²) < 4.78 is 5.34. The summed E-state index contributed by atoms with van der Waals surface area (Å²) >= 11 is 0. The van der Waals surface area contributed by atoms with Crippen molar-refractivity contribution in [2.24, 2.45) is 0 Å². The number of rotatable bonds is 2. The van der Waals surface area contributed by atoms with Crippen molar-refractivity contribution in [3.8, 4) is 0 Å². The molecule has 0 bridgehead atoms. The Morgan fingerprint density at radius 3 is 2.48 bits per heavy atom. The fraction of sp³-hybridized carbons (Fsp3) is 0.562. The summed E-state index contributed by atoms with van der Waals surface area (Å²) in [6, 6.07) is 4.28. The largest absolute Gasteiger partial charge is 0.444 e. The first-order valence-corrected chi connectivity index (χ1v) is 7.27. The van der Waals surface area contributed by atoms with Gasteiger partial charge in [0, 0.05) is 24.5 Å². The number of nitrogens with two attached hydrogens (primary N) is 1. The summed E-state index contributed by atoms with van der Waals surface area (Å²) in [4.78, 5) is 13.6. The average molecular weight is 291 g/mol. The molecule has 2 rings (SSSR count). The molecule has 0 saturated carbocycles. The monoisotopic (exact) mass is 291 g/mol. The van der Waals surface area contributed by atoms with Crippen LogP contribution in [0.2, 0.25) is 0 Å². The van der Waals surface area contributed by atoms with E-state index in [2.05, 4.69) is 18.3 Å². The van der Waals surface area contributed by atoms with E-state index in [-0.39, 0.29) is 12.1 Å². The van der Waals surface area contributed by atoms with Crippen molar-refractivity contribution in [1.82, 2.24) is 4.90 Å². The van der Waals surface area contributed by atoms with E-state index in [0.29, 0.717) is 13.1 Å². The van der Waals surface area contributed by atoms with Crippen LogP contribution in [0, 0.1) is 13.8 Å². The maximum Gasteiger partial charge on any atom is 0.410 e. The summed E-state index contributed by atoms with van der Waals surface area (Å²) in [5, 5.41) is 3.43. The van der Waals surface area contributed by atoms with Crippen LogP contribution < -0.4 is 11.1 Å². The molecule has 1 fully saturated rings. The van der Waals surface area contributed by atoms with E-state index in [1.54, 1.807) is 4.90 Å². The van der Waals surface area contributed by atoms with Crippen LogP contribution in [0.15, 0.2) is 12.1 Å². The number of benzene rings is 1. The smallest absolute Gasteiger partial charge is 0.410 e. The highest BCUT2D eigenvalue weighted by molar-refractivity contribution is 5.70. The van der Waals surface area contributed by atoms with Crippen molar-refractivity contribution in [1.29, 1.82) is 0 Å². The van der Waals surface area contributed by atoms with Gasteiger partial charge in [0.05, 0.1) is 6.04 Å². The lowest BCUT2D eigenvalue weighted by atomic mass is 10.1. The van der Waals surface area contributed by atoms with Gasteiger partial charge in [-0.15, -0.1) is 0 Å². The molecule has 0 radical (unpaired) electrons. The minimum atomic E-state index is -0.447. The minimum absolute atomic E-state index is 0.248. The average Bonchev–Trinajstić information content (AvgIpc) is 2.26. The molecule has 0 atom stereocenters. The van der Waals surface area contributed by atoms with Crippen LogP contribution in [-0.4, -0.2) is 35.7 Å². The molecule has 1 aliphatic rings. The molecular weight excluding hydrogens is 266 g/mol. The predicted molar refractivity (Wildman–Crippen MR) is 85.5 cm³/mol. The lowest BCUT2D eigenvalue weighted by Crippen LogP contribution is -2.58. The van der Waals surface area contributed by atoms with Gasteiger partial charge >= 0.3 is 6.09 Å². The second-order valence-corrected chi connectivity index (χ2v) is 6.75. The van der Waals surface area contributed by atoms with E-state index >= 15 is 0 Å². The van der Waals surface area contributed by atoms with Crippen LogP contribution in [0.25, 0.3) is 0 Å². The summed E-state index contributed by atoms with van der Waals surface area (Å²) in [5.74, 6) is 0. The molecule has 0 spiro atoms. The number of likely N-dealkylation sites (tertiary alicyclic amines) is 1. The van der Waals surface area contributed by atoms with Crippen molar-refractivity contribution in [2.75, 3.05) is 24.1 Å². The van der Waals surface area contributed by atoms with Crippen LogP contribution in [0.5, 0.6) is 0 Å². The second kappa shape index (κ2) is 5.47. The van der Waals surface area contributed by atoms with Gasteiger partial charge in [0.1, 0.15) is 5.60 Å². The van der Waals surface area contributed by atoms with Crippen molar-refractivity contribution in [3.63, 3.8) is 0 Å². The van der Waals surface area contributed by atoms with E-state index in [1.807, 2.05) is 33.8 Å². The minimum Gasteiger partial charge on any atom is -0.444 e. The predicted octanol–water partition coefficient (Wildman–Crippen LogP) is 2.92. The van der Waals surface area contributed by atoms with Gasteiger partial charge in [-0.3, -0.25) is 0 Å². The highest BCUT2D eigenvalue weighted by atomic mass is 16.6. The second-order valence-electron chi connectivity index (χ2n) is 6.75. The molecule has 116 valence electrons. The van der Waals surface area contributed by atoms with Crippen LogP contribution in [-0.2, 0) is 4.74 Å². The number of amides is 1. The quantitative estimate of drug-likeness (QED) is 0.822. The number of ether oxygens (including phenoxy) is 1. The first-order valence-electron chi connectivity index (χ1n) is 7.27. The number of anilines is 2. The van der Waals surface area contributed by atoms with Gasteiger partial charge in [-0.1, -0.05) is 6.07 Å². The summed E-state index contributed by atoms with van der Waals surface area (Å²) in [6.45, 7) is 11.0. The molecule has 1 aliphatic heterocycles. The molecule has 1 aromatic carbocycles. The van der Waals surface area contributed by atoms with Crippen molar-refractivity contribution < 1.29 is 9.53 Å². The van der Waals surface area contributed by atoms with Crippen LogP contribution in [0.3, 0.4) is 0 Å². The lowest BCUT2D eigenvalue weighted by molar-refractivity contribution is 0.0105. The number of hydrogen-bond acceptors (Lipinski definition) is 4. The lowest BCUT2D eigenvalue weighted by Gasteiger charge is -2.40. The SMILES string of the molecule is Cc1cc(C)c(NC2CN(C(=O)OC(C)(C)C)C2)cc1N. The molecule has 1 saturated heterocycles. The van der Waals surface area contributed by atoms with Gasteiger partial charge in [0.15, 0.2) is 0 Å². The van der Waals surface area contributed by atoms with Crippen LogP contribution >= 0.6 is 0 Å². The Morgan fingerprint density at radius 2 is 1.90 bits per heavy atom. The van der Waals surface area contributed by atoms with Crippen molar-refractivity contribution >= 4 is 17.5 Å². The molecule has 0 aromatic heterocycles. The molecule has 1 amide bonds. The summed E-state index contributed by atoms with van der Waals surface area (Å²) in [6.07, 6.45) is -0.249. The molecule has 1 aromatic rings. The van der Waals surface area contributed by atoms with E-state index < -0.39 is 5.60 Å². The third-order valence-electron chi connectivity index (χ3n) is 3.51. The van der Waals surface area contributed by atoms with Gasteiger partial charge < -0.3 is 20.7 Å². The molecule has 5 nitrogen and oxygen atoms in total. The number of carbonyl (C=O) groups excluding carboxylic acids is 1. The van der Waals surface area contributed by atoms with E-state index in [4.69, 9.17) is 10.5 Å². The van der Waals surface area contributed by atoms with E-state index in [0.717, 1.165) is 22.5 Å². The molecule has 3 N–H and O–H groups in total. The zero-order valence-electron chi connectivity index (χ0n) is 13.5. The third-order valence-corrected chi connectivity index (χ3v) is 3.51. The van der Waals surface area contributed by atoms with Gasteiger partial charge in [-0.05, 0) is 51.8 Å². The highest BCUT2D eigenvalue weighted by Crippen LogP contribution is 2.25. The zero-order valence-corrected chi connectivity index (χ0v) is 13.5. The Kier molecular flexibility index (Phi) is 4.03. The van der Waals surface area contributed by atoms with E-state index in [1.165, 1.54) is 0 Å².